The Morgan fingerprint density at radius 3 is 2.49 bits per heavy atom. The summed E-state index contributed by atoms with van der Waals surface area (Å²) in [7, 11) is 1.89. The van der Waals surface area contributed by atoms with Crippen LogP contribution in [0.15, 0.2) is 66.7 Å². The molecule has 0 radical (unpaired) electrons. The predicted octanol–water partition coefficient (Wildman–Crippen LogP) is 3.44. The van der Waals surface area contributed by atoms with Crippen molar-refractivity contribution in [3.8, 4) is 17.1 Å². The number of amides is 2. The second kappa shape index (κ2) is 13.7. The van der Waals surface area contributed by atoms with E-state index in [1.807, 2.05) is 18.9 Å². The van der Waals surface area contributed by atoms with Crippen LogP contribution in [0.1, 0.15) is 36.2 Å². The number of likely N-dealkylation sites (N-methyl/N-ethyl adjacent to an activating group) is 2. The molecule has 1 heterocycles. The molecule has 0 aliphatic heterocycles. The van der Waals surface area contributed by atoms with E-state index in [9.17, 15) is 19.1 Å². The Morgan fingerprint density at radius 1 is 1.09 bits per heavy atom. The second-order valence-electron chi connectivity index (χ2n) is 10.2. The first-order valence-electron chi connectivity index (χ1n) is 14.0. The Bertz CT molecular complexity index is 1600. The number of benzene rings is 3. The Labute approximate surface area is 249 Å². The molecule has 4 rings (SSSR count). The number of carbonyl (C=O) groups is 2. The van der Waals surface area contributed by atoms with Gasteiger partial charge in [0, 0.05) is 50.0 Å². The van der Waals surface area contributed by atoms with E-state index in [1.165, 1.54) is 12.1 Å². The first kappa shape index (κ1) is 30.8. The van der Waals surface area contributed by atoms with Gasteiger partial charge < -0.3 is 36.3 Å². The molecule has 0 bridgehead atoms. The molecule has 1 aromatic heterocycles. The number of hydrogen-bond donors (Lipinski definition) is 5. The summed E-state index contributed by atoms with van der Waals surface area (Å²) in [5, 5.41) is 20.2. The van der Waals surface area contributed by atoms with Gasteiger partial charge in [-0.3, -0.25) is 15.0 Å². The zero-order valence-electron chi connectivity index (χ0n) is 24.3. The normalized spacial score (nSPS) is 11.7. The lowest BCUT2D eigenvalue weighted by Crippen LogP contribution is -2.37. The predicted molar refractivity (Wildman–Crippen MR) is 165 cm³/mol. The SMILES string of the molecule is CCN(CCN(C)c1ccc(F)cc1)C(=O)c1ccc2c(c1)nc(-c1cccc(O)c1)n2[C@@H](CCCNC(=N)N)C(N)=O. The summed E-state index contributed by atoms with van der Waals surface area (Å²) in [5.41, 5.74) is 14.2. The third-order valence-electron chi connectivity index (χ3n) is 7.29. The van der Waals surface area contributed by atoms with Crippen molar-refractivity contribution in [1.82, 2.24) is 19.8 Å². The monoisotopic (exact) mass is 588 g/mol. The van der Waals surface area contributed by atoms with Crippen molar-refractivity contribution in [2.24, 2.45) is 11.5 Å². The molecule has 7 N–H and O–H groups in total. The number of nitrogens with two attached hydrogens (primary N) is 2. The number of rotatable bonds is 13. The molecule has 11 nitrogen and oxygen atoms in total. The fraction of sp³-hybridized carbons (Fsp3) is 0.290. The van der Waals surface area contributed by atoms with Crippen LogP contribution in [0, 0.1) is 11.2 Å². The van der Waals surface area contributed by atoms with E-state index in [2.05, 4.69) is 5.32 Å². The highest BCUT2D eigenvalue weighted by Crippen LogP contribution is 2.32. The minimum Gasteiger partial charge on any atom is -0.508 e. The van der Waals surface area contributed by atoms with Crippen molar-refractivity contribution in [1.29, 1.82) is 5.41 Å². The number of imidazole rings is 1. The minimum atomic E-state index is -0.785. The molecule has 4 aromatic rings. The molecule has 43 heavy (non-hydrogen) atoms. The standard InChI is InChI=1S/C31H37FN8O3/c1-3-39(17-16-38(2)23-12-10-22(32)11-13-23)30(43)21-9-14-26-25(19-21)37-29(20-6-4-7-24(41)18-20)40(26)27(28(33)42)8-5-15-36-31(34)35/h4,6-7,9-14,18-19,27,41H,3,5,8,15-17H2,1-2H3,(H2,33,42)(H4,34,35,36)/t27-/m0/s1. The summed E-state index contributed by atoms with van der Waals surface area (Å²) in [5.74, 6) is -0.743. The van der Waals surface area contributed by atoms with Crippen LogP contribution in [0.25, 0.3) is 22.4 Å². The van der Waals surface area contributed by atoms with E-state index in [0.717, 1.165) is 5.69 Å². The molecular formula is C31H37FN8O3. The smallest absolute Gasteiger partial charge is 0.253 e. The number of phenols is 1. The Hall–Kier alpha value is -5.13. The first-order chi connectivity index (χ1) is 20.6. The lowest BCUT2D eigenvalue weighted by Gasteiger charge is -2.26. The number of aromatic hydroxyl groups is 1. The number of aromatic nitrogens is 2. The zero-order valence-corrected chi connectivity index (χ0v) is 24.3. The molecule has 226 valence electrons. The van der Waals surface area contributed by atoms with Crippen LogP contribution >= 0.6 is 0 Å². The molecule has 12 heteroatoms. The van der Waals surface area contributed by atoms with Gasteiger partial charge in [0.2, 0.25) is 5.91 Å². The highest BCUT2D eigenvalue weighted by molar-refractivity contribution is 5.98. The number of hydrogen-bond acceptors (Lipinski definition) is 6. The number of nitrogens with one attached hydrogen (secondary N) is 2. The van der Waals surface area contributed by atoms with Gasteiger partial charge in [-0.1, -0.05) is 12.1 Å². The molecule has 1 atom stereocenters. The summed E-state index contributed by atoms with van der Waals surface area (Å²) in [4.78, 5) is 34.8. The first-order valence-corrected chi connectivity index (χ1v) is 14.0. The van der Waals surface area contributed by atoms with Crippen LogP contribution in [-0.4, -0.2) is 70.6 Å². The average Bonchev–Trinajstić information content (AvgIpc) is 3.35. The Balaban J connectivity index is 1.65. The number of carbonyl (C=O) groups excluding carboxylic acids is 2. The summed E-state index contributed by atoms with van der Waals surface area (Å²) in [6.45, 7) is 3.76. The van der Waals surface area contributed by atoms with E-state index in [0.29, 0.717) is 67.0 Å². The van der Waals surface area contributed by atoms with Gasteiger partial charge in [-0.2, -0.15) is 0 Å². The van der Waals surface area contributed by atoms with Crippen molar-refractivity contribution in [2.45, 2.75) is 25.8 Å². The summed E-state index contributed by atoms with van der Waals surface area (Å²) >= 11 is 0. The van der Waals surface area contributed by atoms with Crippen molar-refractivity contribution < 1.29 is 19.1 Å². The third kappa shape index (κ3) is 7.39. The Kier molecular flexibility index (Phi) is 9.81. The van der Waals surface area contributed by atoms with E-state index in [1.54, 1.807) is 64.1 Å². The summed E-state index contributed by atoms with van der Waals surface area (Å²) in [6, 6.07) is 17.1. The van der Waals surface area contributed by atoms with Gasteiger partial charge in [0.05, 0.1) is 11.0 Å². The number of guanidine groups is 1. The minimum absolute atomic E-state index is 0.0393. The van der Waals surface area contributed by atoms with Gasteiger partial charge in [-0.25, -0.2) is 9.37 Å². The lowest BCUT2D eigenvalue weighted by atomic mass is 10.1. The van der Waals surface area contributed by atoms with Gasteiger partial charge in [0.15, 0.2) is 5.96 Å². The third-order valence-corrected chi connectivity index (χ3v) is 7.29. The zero-order chi connectivity index (χ0) is 31.1. The van der Waals surface area contributed by atoms with Gasteiger partial charge in [-0.15, -0.1) is 0 Å². The van der Waals surface area contributed by atoms with Crippen molar-refractivity contribution in [3.05, 3.63) is 78.1 Å². The van der Waals surface area contributed by atoms with Crippen LogP contribution in [0.4, 0.5) is 10.1 Å². The van der Waals surface area contributed by atoms with Gasteiger partial charge >= 0.3 is 0 Å². The van der Waals surface area contributed by atoms with E-state index >= 15 is 0 Å². The van der Waals surface area contributed by atoms with Crippen molar-refractivity contribution in [2.75, 3.05) is 38.1 Å². The second-order valence-corrected chi connectivity index (χ2v) is 10.2. The van der Waals surface area contributed by atoms with E-state index in [4.69, 9.17) is 21.9 Å². The molecule has 3 aromatic carbocycles. The molecule has 0 aliphatic rings. The number of halogens is 1. The van der Waals surface area contributed by atoms with Crippen LogP contribution in [0.5, 0.6) is 5.75 Å². The quantitative estimate of drug-likeness (QED) is 0.0906. The van der Waals surface area contributed by atoms with E-state index < -0.39 is 11.9 Å². The molecule has 0 unspecified atom stereocenters. The fourth-order valence-corrected chi connectivity index (χ4v) is 4.99. The molecular weight excluding hydrogens is 551 g/mol. The van der Waals surface area contributed by atoms with Crippen LogP contribution < -0.4 is 21.7 Å². The van der Waals surface area contributed by atoms with Gasteiger partial charge in [0.25, 0.3) is 5.91 Å². The number of fused-ring (bicyclic) bond motifs is 1. The van der Waals surface area contributed by atoms with E-state index in [-0.39, 0.29) is 23.4 Å². The van der Waals surface area contributed by atoms with Crippen LogP contribution in [-0.2, 0) is 4.79 Å². The van der Waals surface area contributed by atoms with Crippen molar-refractivity contribution >= 4 is 34.5 Å². The van der Waals surface area contributed by atoms with Gasteiger partial charge in [-0.05, 0) is 74.4 Å². The molecule has 0 saturated heterocycles. The Morgan fingerprint density at radius 2 is 1.84 bits per heavy atom. The number of phenolic OH excluding ortho intramolecular Hbond substituents is 1. The highest BCUT2D eigenvalue weighted by Gasteiger charge is 2.26. The summed E-state index contributed by atoms with van der Waals surface area (Å²) < 4.78 is 15.1. The molecule has 0 saturated carbocycles. The largest absolute Gasteiger partial charge is 0.508 e. The maximum absolute atomic E-state index is 13.6. The molecule has 0 spiro atoms. The number of anilines is 1. The number of primary amides is 1. The number of nitrogens with zero attached hydrogens (tertiary/aromatic N) is 4. The lowest BCUT2D eigenvalue weighted by molar-refractivity contribution is -0.121. The summed E-state index contributed by atoms with van der Waals surface area (Å²) in [6.07, 6.45) is 0.847. The topological polar surface area (TPSA) is 167 Å². The van der Waals surface area contributed by atoms with Crippen LogP contribution in [0.2, 0.25) is 0 Å². The maximum Gasteiger partial charge on any atom is 0.253 e. The van der Waals surface area contributed by atoms with Crippen LogP contribution in [0.3, 0.4) is 0 Å². The average molecular weight is 589 g/mol. The molecule has 2 amide bonds. The highest BCUT2D eigenvalue weighted by atomic mass is 19.1. The fourth-order valence-electron chi connectivity index (χ4n) is 4.99. The van der Waals surface area contributed by atoms with Gasteiger partial charge in [0.1, 0.15) is 23.4 Å². The van der Waals surface area contributed by atoms with Crippen molar-refractivity contribution in [3.63, 3.8) is 0 Å². The molecule has 0 fully saturated rings. The molecule has 0 aliphatic carbocycles. The maximum atomic E-state index is 13.6.